The number of piperidine rings is 1. The summed E-state index contributed by atoms with van der Waals surface area (Å²) in [5.74, 6) is 0.742. The van der Waals surface area contributed by atoms with Crippen molar-refractivity contribution in [2.75, 3.05) is 19.6 Å². The largest absolute Gasteiger partial charge is 0.314 e. The van der Waals surface area contributed by atoms with Crippen LogP contribution in [0.25, 0.3) is 0 Å². The molecule has 2 heteroatoms. The molecule has 1 heterocycles. The summed E-state index contributed by atoms with van der Waals surface area (Å²) in [7, 11) is 0. The Hall–Kier alpha value is -0.860. The number of benzene rings is 1. The molecule has 1 N–H and O–H groups in total. The lowest BCUT2D eigenvalue weighted by atomic mass is 9.86. The Morgan fingerprint density at radius 2 is 1.95 bits per heavy atom. The van der Waals surface area contributed by atoms with Crippen LogP contribution in [-0.2, 0) is 6.42 Å². The van der Waals surface area contributed by atoms with Crippen LogP contribution in [-0.4, -0.2) is 36.6 Å². The molecule has 1 saturated heterocycles. The van der Waals surface area contributed by atoms with Gasteiger partial charge in [0.2, 0.25) is 0 Å². The lowest BCUT2D eigenvalue weighted by molar-refractivity contribution is 0.0861. The van der Waals surface area contributed by atoms with Crippen LogP contribution in [0.1, 0.15) is 39.2 Å². The van der Waals surface area contributed by atoms with E-state index in [1.807, 2.05) is 0 Å². The van der Waals surface area contributed by atoms with Crippen molar-refractivity contribution >= 4 is 0 Å². The smallest absolute Gasteiger partial charge is 0.0120 e. The normalized spacial score (nSPS) is 27.6. The van der Waals surface area contributed by atoms with E-state index in [1.165, 1.54) is 37.9 Å². The highest BCUT2D eigenvalue weighted by atomic mass is 15.2. The minimum Gasteiger partial charge on any atom is -0.314 e. The van der Waals surface area contributed by atoms with Crippen LogP contribution in [0.5, 0.6) is 0 Å². The van der Waals surface area contributed by atoms with Crippen LogP contribution in [0.3, 0.4) is 0 Å². The van der Waals surface area contributed by atoms with Crippen molar-refractivity contribution in [3.8, 4) is 0 Å². The molecule has 0 radical (unpaired) electrons. The Morgan fingerprint density at radius 3 is 2.65 bits per heavy atom. The summed E-state index contributed by atoms with van der Waals surface area (Å²) >= 11 is 0. The summed E-state index contributed by atoms with van der Waals surface area (Å²) in [6, 6.07) is 12.2. The molecule has 112 valence electrons. The highest BCUT2D eigenvalue weighted by Gasteiger charge is 2.31. The molecule has 2 nitrogen and oxygen atoms in total. The first-order chi connectivity index (χ1) is 9.72. The molecule has 3 unspecified atom stereocenters. The molecule has 3 atom stereocenters. The van der Waals surface area contributed by atoms with Gasteiger partial charge in [0.15, 0.2) is 0 Å². The van der Waals surface area contributed by atoms with E-state index in [0.717, 1.165) is 12.5 Å². The van der Waals surface area contributed by atoms with Crippen LogP contribution in [0, 0.1) is 5.92 Å². The van der Waals surface area contributed by atoms with Crippen LogP contribution in [0.2, 0.25) is 0 Å². The van der Waals surface area contributed by atoms with Gasteiger partial charge in [0, 0.05) is 18.6 Å². The molecule has 0 aromatic heterocycles. The number of likely N-dealkylation sites (tertiary alicyclic amines) is 1. The lowest BCUT2D eigenvalue weighted by Crippen LogP contribution is -2.53. The summed E-state index contributed by atoms with van der Waals surface area (Å²) in [5, 5.41) is 3.72. The van der Waals surface area contributed by atoms with Crippen LogP contribution in [0.4, 0.5) is 0 Å². The number of nitrogens with zero attached hydrogens (tertiary/aromatic N) is 1. The third-order valence-corrected chi connectivity index (χ3v) is 4.89. The van der Waals surface area contributed by atoms with E-state index in [0.29, 0.717) is 12.1 Å². The van der Waals surface area contributed by atoms with E-state index < -0.39 is 0 Å². The van der Waals surface area contributed by atoms with Gasteiger partial charge in [-0.25, -0.2) is 0 Å². The van der Waals surface area contributed by atoms with Gasteiger partial charge in [-0.2, -0.15) is 0 Å². The minimum absolute atomic E-state index is 0.682. The second-order valence-electron chi connectivity index (χ2n) is 6.22. The lowest BCUT2D eigenvalue weighted by Gasteiger charge is -2.43. The maximum atomic E-state index is 3.72. The molecular formula is C18H30N2. The number of hydrogen-bond acceptors (Lipinski definition) is 2. The maximum Gasteiger partial charge on any atom is 0.0120 e. The van der Waals surface area contributed by atoms with Crippen LogP contribution in [0.15, 0.2) is 30.3 Å². The molecule has 1 aliphatic heterocycles. The first-order valence-electron chi connectivity index (χ1n) is 8.23. The molecule has 1 aromatic rings. The van der Waals surface area contributed by atoms with Crippen LogP contribution >= 0.6 is 0 Å². The fourth-order valence-electron chi connectivity index (χ4n) is 3.29. The number of nitrogens with one attached hydrogen (secondary N) is 1. The van der Waals surface area contributed by atoms with E-state index in [2.05, 4.69) is 61.3 Å². The predicted octanol–water partition coefficient (Wildman–Crippen LogP) is 3.33. The van der Waals surface area contributed by atoms with Gasteiger partial charge in [0.1, 0.15) is 0 Å². The molecule has 0 spiro atoms. The monoisotopic (exact) mass is 274 g/mol. The van der Waals surface area contributed by atoms with Gasteiger partial charge in [0.25, 0.3) is 0 Å². The zero-order valence-corrected chi connectivity index (χ0v) is 13.3. The second kappa shape index (κ2) is 7.80. The van der Waals surface area contributed by atoms with Gasteiger partial charge in [0.05, 0.1) is 0 Å². The molecule has 0 saturated carbocycles. The highest BCUT2D eigenvalue weighted by Crippen LogP contribution is 2.23. The number of rotatable bonds is 6. The Balaban J connectivity index is 1.82. The van der Waals surface area contributed by atoms with Gasteiger partial charge >= 0.3 is 0 Å². The minimum atomic E-state index is 0.682. The van der Waals surface area contributed by atoms with Crippen molar-refractivity contribution in [1.29, 1.82) is 0 Å². The van der Waals surface area contributed by atoms with Gasteiger partial charge in [-0.05, 0) is 50.8 Å². The standard InChI is InChI=1S/C18H30N2/c1-4-12-19-18-11-14-20(16(3)15(18)2)13-10-17-8-6-5-7-9-17/h5-9,15-16,18-19H,4,10-14H2,1-3H3. The molecule has 0 bridgehead atoms. The molecule has 2 rings (SSSR count). The van der Waals surface area contributed by atoms with Crippen molar-refractivity contribution < 1.29 is 0 Å². The Morgan fingerprint density at radius 1 is 1.20 bits per heavy atom. The molecule has 1 aliphatic rings. The van der Waals surface area contributed by atoms with E-state index in [1.54, 1.807) is 0 Å². The van der Waals surface area contributed by atoms with Gasteiger partial charge in [-0.3, -0.25) is 4.90 Å². The summed E-state index contributed by atoms with van der Waals surface area (Å²) in [6.45, 7) is 10.6. The molecule has 1 aromatic carbocycles. The molecule has 0 aliphatic carbocycles. The van der Waals surface area contributed by atoms with E-state index in [-0.39, 0.29) is 0 Å². The molecular weight excluding hydrogens is 244 g/mol. The average molecular weight is 274 g/mol. The van der Waals surface area contributed by atoms with Crippen LogP contribution < -0.4 is 5.32 Å². The molecule has 20 heavy (non-hydrogen) atoms. The summed E-state index contributed by atoms with van der Waals surface area (Å²) < 4.78 is 0. The maximum absolute atomic E-state index is 3.72. The van der Waals surface area contributed by atoms with Gasteiger partial charge in [-0.1, -0.05) is 44.2 Å². The highest BCUT2D eigenvalue weighted by molar-refractivity contribution is 5.15. The van der Waals surface area contributed by atoms with E-state index >= 15 is 0 Å². The van der Waals surface area contributed by atoms with E-state index in [4.69, 9.17) is 0 Å². The van der Waals surface area contributed by atoms with Crippen molar-refractivity contribution in [1.82, 2.24) is 10.2 Å². The van der Waals surface area contributed by atoms with Crippen molar-refractivity contribution in [2.24, 2.45) is 5.92 Å². The fraction of sp³-hybridized carbons (Fsp3) is 0.667. The Bertz CT molecular complexity index is 376. The number of hydrogen-bond donors (Lipinski definition) is 1. The molecule has 1 fully saturated rings. The van der Waals surface area contributed by atoms with Crippen molar-refractivity contribution in [3.63, 3.8) is 0 Å². The van der Waals surface area contributed by atoms with Gasteiger partial charge in [-0.15, -0.1) is 0 Å². The quantitative estimate of drug-likeness (QED) is 0.856. The van der Waals surface area contributed by atoms with Crippen molar-refractivity contribution in [2.45, 2.75) is 52.1 Å². The third kappa shape index (κ3) is 4.07. The first-order valence-corrected chi connectivity index (χ1v) is 8.23. The molecule has 0 amide bonds. The fourth-order valence-corrected chi connectivity index (χ4v) is 3.29. The van der Waals surface area contributed by atoms with E-state index in [9.17, 15) is 0 Å². The topological polar surface area (TPSA) is 15.3 Å². The average Bonchev–Trinajstić information content (AvgIpc) is 2.49. The zero-order valence-electron chi connectivity index (χ0n) is 13.3. The predicted molar refractivity (Wildman–Crippen MR) is 87.0 cm³/mol. The Kier molecular flexibility index (Phi) is 6.06. The summed E-state index contributed by atoms with van der Waals surface area (Å²) in [5.41, 5.74) is 1.46. The summed E-state index contributed by atoms with van der Waals surface area (Å²) in [6.07, 6.45) is 3.70. The summed E-state index contributed by atoms with van der Waals surface area (Å²) in [4.78, 5) is 2.67. The third-order valence-electron chi connectivity index (χ3n) is 4.89. The van der Waals surface area contributed by atoms with Crippen molar-refractivity contribution in [3.05, 3.63) is 35.9 Å². The van der Waals surface area contributed by atoms with Gasteiger partial charge < -0.3 is 5.32 Å². The Labute approximate surface area is 124 Å². The zero-order chi connectivity index (χ0) is 14.4. The second-order valence-corrected chi connectivity index (χ2v) is 6.22. The first kappa shape index (κ1) is 15.5. The SMILES string of the molecule is CCCNC1CCN(CCc2ccccc2)C(C)C1C.